The van der Waals surface area contributed by atoms with Crippen molar-refractivity contribution in [3.05, 3.63) is 17.3 Å². The molecule has 0 aliphatic heterocycles. The third-order valence-electron chi connectivity index (χ3n) is 2.86. The first-order valence-electron chi connectivity index (χ1n) is 6.70. The van der Waals surface area contributed by atoms with Crippen LogP contribution in [-0.2, 0) is 16.6 Å². The molecule has 1 aromatic rings. The van der Waals surface area contributed by atoms with Crippen LogP contribution < -0.4 is 10.6 Å². The van der Waals surface area contributed by atoms with E-state index < -0.39 is 11.9 Å². The molecule has 0 saturated carbocycles. The number of rotatable bonds is 7. The molecule has 0 aliphatic carbocycles. The van der Waals surface area contributed by atoms with Gasteiger partial charge in [-0.25, -0.2) is 4.79 Å². The van der Waals surface area contributed by atoms with Gasteiger partial charge in [0, 0.05) is 25.2 Å². The molecule has 1 rings (SSSR count). The zero-order chi connectivity index (χ0) is 16.2. The summed E-state index contributed by atoms with van der Waals surface area (Å²) in [5, 5.41) is 13.1. The molecule has 7 nitrogen and oxygen atoms in total. The van der Waals surface area contributed by atoms with Gasteiger partial charge in [0.15, 0.2) is 0 Å². The largest absolute Gasteiger partial charge is 0.478 e. The highest BCUT2D eigenvalue weighted by atomic mass is 16.4. The number of aliphatic carboxylic acids is 1. The average molecular weight is 294 g/mol. The van der Waals surface area contributed by atoms with Gasteiger partial charge in [0.2, 0.25) is 5.91 Å². The molecule has 116 valence electrons. The number of anilines is 1. The lowest BCUT2D eigenvalue weighted by Gasteiger charge is -2.26. The fourth-order valence-corrected chi connectivity index (χ4v) is 2.24. The number of carboxylic acids is 1. The maximum atomic E-state index is 11.3. The molecular formula is C14H22N4O3. The topological polar surface area (TPSA) is 101 Å². The summed E-state index contributed by atoms with van der Waals surface area (Å²) in [7, 11) is 1.76. The second-order valence-corrected chi connectivity index (χ2v) is 5.36. The number of carbonyl (C=O) groups is 2. The van der Waals surface area contributed by atoms with Crippen molar-refractivity contribution in [2.24, 2.45) is 18.7 Å². The second kappa shape index (κ2) is 6.92. The van der Waals surface area contributed by atoms with E-state index in [0.29, 0.717) is 29.5 Å². The van der Waals surface area contributed by atoms with E-state index in [1.54, 1.807) is 18.7 Å². The Morgan fingerprint density at radius 1 is 1.48 bits per heavy atom. The number of carboxylic acid groups (broad SMARTS) is 1. The predicted molar refractivity (Wildman–Crippen MR) is 80.9 cm³/mol. The number of aryl methyl sites for hydroxylation is 2. The van der Waals surface area contributed by atoms with Gasteiger partial charge in [-0.2, -0.15) is 5.10 Å². The Morgan fingerprint density at radius 3 is 2.57 bits per heavy atom. The highest BCUT2D eigenvalue weighted by Gasteiger charge is 2.20. The van der Waals surface area contributed by atoms with Crippen LogP contribution in [0.3, 0.4) is 0 Å². The van der Waals surface area contributed by atoms with Gasteiger partial charge in [-0.15, -0.1) is 0 Å². The molecule has 7 heteroatoms. The summed E-state index contributed by atoms with van der Waals surface area (Å²) in [6.45, 7) is 6.54. The van der Waals surface area contributed by atoms with Crippen molar-refractivity contribution in [3.63, 3.8) is 0 Å². The summed E-state index contributed by atoms with van der Waals surface area (Å²) in [5.41, 5.74) is 6.69. The van der Waals surface area contributed by atoms with Crippen LogP contribution in [0.4, 0.5) is 5.82 Å². The molecule has 0 unspecified atom stereocenters. The minimum absolute atomic E-state index is 0.0606. The lowest BCUT2D eigenvalue weighted by Crippen LogP contribution is -2.37. The first-order chi connectivity index (χ1) is 9.72. The van der Waals surface area contributed by atoms with Gasteiger partial charge in [-0.1, -0.05) is 13.8 Å². The number of primary amides is 1. The molecule has 1 aromatic heterocycles. The van der Waals surface area contributed by atoms with Crippen LogP contribution in [0, 0.1) is 12.8 Å². The van der Waals surface area contributed by atoms with Crippen LogP contribution in [0.5, 0.6) is 0 Å². The van der Waals surface area contributed by atoms with Gasteiger partial charge in [0.25, 0.3) is 0 Å². The molecule has 0 aliphatic rings. The molecular weight excluding hydrogens is 272 g/mol. The Bertz CT molecular complexity index is 561. The minimum Gasteiger partial charge on any atom is -0.478 e. The van der Waals surface area contributed by atoms with E-state index in [4.69, 9.17) is 10.8 Å². The highest BCUT2D eigenvalue weighted by molar-refractivity contribution is 5.87. The Balaban J connectivity index is 3.28. The normalized spacial score (nSPS) is 11.3. The SMILES string of the molecule is Cc1nn(C)c(N(CC(N)=O)CC(C)C)c1C=CC(=O)O. The summed E-state index contributed by atoms with van der Waals surface area (Å²) >= 11 is 0. The molecule has 0 saturated heterocycles. The van der Waals surface area contributed by atoms with Crippen molar-refractivity contribution in [1.82, 2.24) is 9.78 Å². The van der Waals surface area contributed by atoms with Gasteiger partial charge in [0.05, 0.1) is 12.2 Å². The van der Waals surface area contributed by atoms with Crippen molar-refractivity contribution in [1.29, 1.82) is 0 Å². The molecule has 0 fully saturated rings. The first-order valence-corrected chi connectivity index (χ1v) is 6.70. The van der Waals surface area contributed by atoms with Crippen LogP contribution in [0.25, 0.3) is 6.08 Å². The number of hydrogen-bond donors (Lipinski definition) is 2. The van der Waals surface area contributed by atoms with Crippen molar-refractivity contribution in [2.75, 3.05) is 18.0 Å². The summed E-state index contributed by atoms with van der Waals surface area (Å²) < 4.78 is 1.64. The van der Waals surface area contributed by atoms with Gasteiger partial charge in [0.1, 0.15) is 5.82 Å². The Hall–Kier alpha value is -2.31. The van der Waals surface area contributed by atoms with E-state index in [1.807, 2.05) is 18.7 Å². The highest BCUT2D eigenvalue weighted by Crippen LogP contribution is 2.25. The number of nitrogens with zero attached hydrogens (tertiary/aromatic N) is 3. The predicted octanol–water partition coefficient (Wildman–Crippen LogP) is 0.774. The zero-order valence-corrected chi connectivity index (χ0v) is 12.8. The Kier molecular flexibility index (Phi) is 5.52. The smallest absolute Gasteiger partial charge is 0.328 e. The first kappa shape index (κ1) is 16.7. The summed E-state index contributed by atoms with van der Waals surface area (Å²) in [6, 6.07) is 0. The third kappa shape index (κ3) is 4.62. The molecule has 0 aromatic carbocycles. The average Bonchev–Trinajstić information content (AvgIpc) is 2.58. The molecule has 0 bridgehead atoms. The minimum atomic E-state index is -1.03. The van der Waals surface area contributed by atoms with Crippen LogP contribution >= 0.6 is 0 Å². The van der Waals surface area contributed by atoms with Gasteiger partial charge >= 0.3 is 5.97 Å². The molecule has 0 radical (unpaired) electrons. The molecule has 21 heavy (non-hydrogen) atoms. The van der Waals surface area contributed by atoms with E-state index >= 15 is 0 Å². The van der Waals surface area contributed by atoms with E-state index in [1.165, 1.54) is 6.08 Å². The fourth-order valence-electron chi connectivity index (χ4n) is 2.24. The lowest BCUT2D eigenvalue weighted by molar-refractivity contribution is -0.131. The van der Waals surface area contributed by atoms with E-state index in [9.17, 15) is 9.59 Å². The zero-order valence-electron chi connectivity index (χ0n) is 12.8. The number of aromatic nitrogens is 2. The van der Waals surface area contributed by atoms with Gasteiger partial charge in [-0.05, 0) is 18.9 Å². The van der Waals surface area contributed by atoms with Crippen molar-refractivity contribution < 1.29 is 14.7 Å². The van der Waals surface area contributed by atoms with Crippen LogP contribution in [0.1, 0.15) is 25.1 Å². The maximum Gasteiger partial charge on any atom is 0.328 e. The van der Waals surface area contributed by atoms with Crippen molar-refractivity contribution >= 4 is 23.8 Å². The number of carbonyl (C=O) groups excluding carboxylic acids is 1. The number of hydrogen-bond acceptors (Lipinski definition) is 4. The van der Waals surface area contributed by atoms with Crippen LogP contribution in [0.15, 0.2) is 6.08 Å². The molecule has 3 N–H and O–H groups in total. The molecule has 1 heterocycles. The summed E-state index contributed by atoms with van der Waals surface area (Å²) in [5.74, 6) is -0.467. The summed E-state index contributed by atoms with van der Waals surface area (Å²) in [6.07, 6.45) is 2.56. The third-order valence-corrected chi connectivity index (χ3v) is 2.86. The number of nitrogens with two attached hydrogens (primary N) is 1. The lowest BCUT2D eigenvalue weighted by atomic mass is 10.1. The summed E-state index contributed by atoms with van der Waals surface area (Å²) in [4.78, 5) is 23.9. The van der Waals surface area contributed by atoms with Crippen molar-refractivity contribution in [2.45, 2.75) is 20.8 Å². The fraction of sp³-hybridized carbons (Fsp3) is 0.500. The monoisotopic (exact) mass is 294 g/mol. The standard InChI is InChI=1S/C14H22N4O3/c1-9(2)7-18(8-12(15)19)14-11(5-6-13(20)21)10(3)16-17(14)4/h5-6,9H,7-8H2,1-4H3,(H2,15,19)(H,20,21). The Morgan fingerprint density at radius 2 is 2.10 bits per heavy atom. The van der Waals surface area contributed by atoms with Crippen LogP contribution in [0.2, 0.25) is 0 Å². The van der Waals surface area contributed by atoms with Crippen LogP contribution in [-0.4, -0.2) is 39.9 Å². The maximum absolute atomic E-state index is 11.3. The quantitative estimate of drug-likeness (QED) is 0.723. The van der Waals surface area contributed by atoms with Gasteiger partial charge < -0.3 is 15.7 Å². The molecule has 1 amide bonds. The molecule has 0 atom stereocenters. The van der Waals surface area contributed by atoms with E-state index in [-0.39, 0.29) is 6.54 Å². The van der Waals surface area contributed by atoms with E-state index in [0.717, 1.165) is 6.08 Å². The Labute approximate surface area is 124 Å². The second-order valence-electron chi connectivity index (χ2n) is 5.36. The van der Waals surface area contributed by atoms with Gasteiger partial charge in [-0.3, -0.25) is 9.48 Å². The number of amides is 1. The van der Waals surface area contributed by atoms with E-state index in [2.05, 4.69) is 5.10 Å². The molecule has 0 spiro atoms. The van der Waals surface area contributed by atoms with Crippen molar-refractivity contribution in [3.8, 4) is 0 Å².